The first-order valence-corrected chi connectivity index (χ1v) is 10.2. The van der Waals surface area contributed by atoms with Gasteiger partial charge in [-0.25, -0.2) is 13.8 Å². The van der Waals surface area contributed by atoms with Crippen LogP contribution in [0.15, 0.2) is 36.9 Å². The molecule has 0 unspecified atom stereocenters. The van der Waals surface area contributed by atoms with Gasteiger partial charge in [-0.3, -0.25) is 4.79 Å². The predicted octanol–water partition coefficient (Wildman–Crippen LogP) is 3.74. The maximum Gasteiger partial charge on any atom is 0.246 e. The van der Waals surface area contributed by atoms with Gasteiger partial charge in [-0.2, -0.15) is 4.98 Å². The Balaban J connectivity index is 1.85. The number of benzene rings is 2. The zero-order chi connectivity index (χ0) is 23.2. The van der Waals surface area contributed by atoms with Crippen LogP contribution in [-0.2, 0) is 4.79 Å². The highest BCUT2D eigenvalue weighted by Crippen LogP contribution is 2.42. The number of halogens is 3. The summed E-state index contributed by atoms with van der Waals surface area (Å²) >= 11 is 6.36. The second-order valence-corrected chi connectivity index (χ2v) is 7.92. The number of hydrogen-bond acceptors (Lipinski definition) is 6. The number of nitrogens with zero attached hydrogens (tertiary/aromatic N) is 4. The fraction of sp³-hybridized carbons (Fsp3) is 0.227. The van der Waals surface area contributed by atoms with Gasteiger partial charge in [0.15, 0.2) is 5.82 Å². The summed E-state index contributed by atoms with van der Waals surface area (Å²) in [6.45, 7) is 6.65. The van der Waals surface area contributed by atoms with Crippen LogP contribution in [0.25, 0.3) is 22.0 Å². The molecule has 1 aliphatic heterocycles. The molecule has 0 radical (unpaired) electrons. The van der Waals surface area contributed by atoms with Crippen molar-refractivity contribution in [1.82, 2.24) is 14.9 Å². The van der Waals surface area contributed by atoms with Crippen LogP contribution in [0.5, 0.6) is 5.75 Å². The highest BCUT2D eigenvalue weighted by molar-refractivity contribution is 6.34. The summed E-state index contributed by atoms with van der Waals surface area (Å²) in [4.78, 5) is 23.9. The molecule has 1 amide bonds. The molecule has 1 aliphatic rings. The molecular formula is C22H20ClF2N5O2. The summed E-state index contributed by atoms with van der Waals surface area (Å²) in [6.07, 6.45) is 1.26. The van der Waals surface area contributed by atoms with Crippen LogP contribution in [-0.4, -0.2) is 51.6 Å². The molecule has 4 rings (SSSR count). The molecule has 0 saturated carbocycles. The Morgan fingerprint density at radius 2 is 2.06 bits per heavy atom. The molecule has 10 heteroatoms. The van der Waals surface area contributed by atoms with Crippen molar-refractivity contribution in [3.05, 3.63) is 53.6 Å². The third kappa shape index (κ3) is 3.58. The lowest BCUT2D eigenvalue weighted by molar-refractivity contribution is -0.128. The maximum absolute atomic E-state index is 15.6. The van der Waals surface area contributed by atoms with Gasteiger partial charge in [-0.05, 0) is 31.2 Å². The van der Waals surface area contributed by atoms with Crippen LogP contribution in [0.3, 0.4) is 0 Å². The molecule has 32 heavy (non-hydrogen) atoms. The van der Waals surface area contributed by atoms with Gasteiger partial charge in [0.1, 0.15) is 22.9 Å². The van der Waals surface area contributed by atoms with Gasteiger partial charge in [0.2, 0.25) is 11.9 Å². The minimum absolute atomic E-state index is 0.112. The zero-order valence-corrected chi connectivity index (χ0v) is 17.9. The summed E-state index contributed by atoms with van der Waals surface area (Å²) in [7, 11) is 0. The van der Waals surface area contributed by atoms with Crippen LogP contribution in [0.2, 0.25) is 5.02 Å². The van der Waals surface area contributed by atoms with Crippen molar-refractivity contribution < 1.29 is 18.7 Å². The van der Waals surface area contributed by atoms with Crippen LogP contribution in [0.1, 0.15) is 6.92 Å². The average Bonchev–Trinajstić information content (AvgIpc) is 2.75. The van der Waals surface area contributed by atoms with E-state index in [-0.39, 0.29) is 44.9 Å². The smallest absolute Gasteiger partial charge is 0.246 e. The number of nitrogens with two attached hydrogens (primary N) is 1. The van der Waals surface area contributed by atoms with Gasteiger partial charge in [0.25, 0.3) is 0 Å². The number of hydrogen-bond donors (Lipinski definition) is 2. The van der Waals surface area contributed by atoms with Gasteiger partial charge in [0.05, 0.1) is 10.6 Å². The summed E-state index contributed by atoms with van der Waals surface area (Å²) < 4.78 is 30.0. The molecule has 3 aromatic rings. The van der Waals surface area contributed by atoms with Gasteiger partial charge in [-0.1, -0.05) is 24.2 Å². The quantitative estimate of drug-likeness (QED) is 0.579. The number of piperazine rings is 1. The first kappa shape index (κ1) is 21.8. The normalized spacial score (nSPS) is 16.4. The number of phenols is 1. The van der Waals surface area contributed by atoms with E-state index < -0.39 is 17.4 Å². The first-order valence-electron chi connectivity index (χ1n) is 9.84. The first-order chi connectivity index (χ1) is 15.2. The Morgan fingerprint density at radius 3 is 2.72 bits per heavy atom. The van der Waals surface area contributed by atoms with Crippen molar-refractivity contribution in [3.8, 4) is 16.9 Å². The van der Waals surface area contributed by atoms with E-state index in [2.05, 4.69) is 16.5 Å². The molecule has 1 atom stereocenters. The Bertz CT molecular complexity index is 1230. The van der Waals surface area contributed by atoms with Gasteiger partial charge in [-0.15, -0.1) is 0 Å². The molecule has 1 saturated heterocycles. The van der Waals surface area contributed by atoms with E-state index in [1.54, 1.807) is 4.90 Å². The number of rotatable bonds is 3. The summed E-state index contributed by atoms with van der Waals surface area (Å²) in [5.74, 6) is -2.19. The van der Waals surface area contributed by atoms with Crippen molar-refractivity contribution in [3.63, 3.8) is 0 Å². The molecule has 2 heterocycles. The number of aromatic hydroxyl groups is 1. The van der Waals surface area contributed by atoms with Gasteiger partial charge < -0.3 is 20.6 Å². The summed E-state index contributed by atoms with van der Waals surface area (Å²) in [5.41, 5.74) is 5.05. The standard InChI is InChI=1S/C22H20ClF2N5O2/c1-3-16(32)30-8-7-29(10-11(30)2)21-12-9-13(23)17(18-14(24)5-4-6-15(18)31)19(25)20(12)27-22(26)28-21/h3-6,9,11,31H,1,7-8,10H2,2H3,(H2,26,27,28)/t11-/m1/s1. The number of nitrogen functional groups attached to an aromatic ring is 1. The Labute approximate surface area is 187 Å². The third-order valence-corrected chi connectivity index (χ3v) is 5.80. The fourth-order valence-corrected chi connectivity index (χ4v) is 4.31. The van der Waals surface area contributed by atoms with Crippen molar-refractivity contribution in [2.45, 2.75) is 13.0 Å². The Morgan fingerprint density at radius 1 is 1.31 bits per heavy atom. The van der Waals surface area contributed by atoms with Crippen molar-refractivity contribution in [2.75, 3.05) is 30.3 Å². The van der Waals surface area contributed by atoms with E-state index in [4.69, 9.17) is 17.3 Å². The number of carbonyl (C=O) groups excluding carboxylic acids is 1. The zero-order valence-electron chi connectivity index (χ0n) is 17.1. The lowest BCUT2D eigenvalue weighted by Crippen LogP contribution is -2.54. The lowest BCUT2D eigenvalue weighted by Gasteiger charge is -2.40. The van der Waals surface area contributed by atoms with Crippen LogP contribution in [0.4, 0.5) is 20.5 Å². The molecular weight excluding hydrogens is 440 g/mol. The topological polar surface area (TPSA) is 95.6 Å². The summed E-state index contributed by atoms with van der Waals surface area (Å²) in [5, 5.41) is 10.3. The number of phenolic OH excluding ortho intramolecular Hbond substituents is 1. The van der Waals surface area contributed by atoms with Crippen LogP contribution >= 0.6 is 11.6 Å². The van der Waals surface area contributed by atoms with Gasteiger partial charge >= 0.3 is 0 Å². The van der Waals surface area contributed by atoms with Crippen LogP contribution in [0, 0.1) is 11.6 Å². The second-order valence-electron chi connectivity index (χ2n) is 7.51. The summed E-state index contributed by atoms with van der Waals surface area (Å²) in [6, 6.07) is 4.92. The van der Waals surface area contributed by atoms with E-state index in [0.29, 0.717) is 25.5 Å². The minimum atomic E-state index is -0.920. The molecule has 1 aromatic heterocycles. The Kier molecular flexibility index (Phi) is 5.60. The third-order valence-electron chi connectivity index (χ3n) is 5.51. The molecule has 7 nitrogen and oxygen atoms in total. The number of carbonyl (C=O) groups is 1. The van der Waals surface area contributed by atoms with E-state index in [9.17, 15) is 14.3 Å². The number of anilines is 2. The predicted molar refractivity (Wildman–Crippen MR) is 120 cm³/mol. The number of fused-ring (bicyclic) bond motifs is 1. The highest BCUT2D eigenvalue weighted by atomic mass is 35.5. The maximum atomic E-state index is 15.6. The lowest BCUT2D eigenvalue weighted by atomic mass is 10.0. The van der Waals surface area contributed by atoms with Crippen molar-refractivity contribution in [2.24, 2.45) is 0 Å². The van der Waals surface area contributed by atoms with E-state index in [1.165, 1.54) is 24.3 Å². The number of amides is 1. The monoisotopic (exact) mass is 459 g/mol. The van der Waals surface area contributed by atoms with Crippen molar-refractivity contribution in [1.29, 1.82) is 0 Å². The highest BCUT2D eigenvalue weighted by Gasteiger charge is 2.30. The minimum Gasteiger partial charge on any atom is -0.507 e. The molecule has 0 bridgehead atoms. The van der Waals surface area contributed by atoms with Crippen LogP contribution < -0.4 is 10.6 Å². The fourth-order valence-electron chi connectivity index (χ4n) is 4.02. The second kappa shape index (κ2) is 8.23. The molecule has 0 aliphatic carbocycles. The van der Waals surface area contributed by atoms with E-state index in [1.807, 2.05) is 11.8 Å². The van der Waals surface area contributed by atoms with Crippen molar-refractivity contribution >= 4 is 40.2 Å². The Hall–Kier alpha value is -3.46. The average molecular weight is 460 g/mol. The van der Waals surface area contributed by atoms with Gasteiger partial charge in [0, 0.05) is 36.6 Å². The molecule has 2 aromatic carbocycles. The molecule has 3 N–H and O–H groups in total. The SMILES string of the molecule is C=CC(=O)N1CCN(c2nc(N)nc3c(F)c(-c4c(O)cccc4F)c(Cl)cc23)C[C@H]1C. The largest absolute Gasteiger partial charge is 0.507 e. The number of aromatic nitrogens is 2. The van der Waals surface area contributed by atoms with E-state index in [0.717, 1.165) is 6.07 Å². The van der Waals surface area contributed by atoms with E-state index >= 15 is 4.39 Å². The molecule has 1 fully saturated rings. The molecule has 166 valence electrons. The molecule has 0 spiro atoms.